The van der Waals surface area contributed by atoms with E-state index in [-0.39, 0.29) is 6.71 Å². The SMILES string of the molecule is Cc1ccc(N2c3cc(C)cc4c3B(c3sc5ccccc5c32)c2sc3cc5c(cc3c2N4c2ccc(C)cc2)CC(C)(C)C5)cc1. The van der Waals surface area contributed by atoms with Gasteiger partial charge in [0.25, 0.3) is 6.71 Å². The summed E-state index contributed by atoms with van der Waals surface area (Å²) in [5.41, 5.74) is 16.4. The van der Waals surface area contributed by atoms with Crippen molar-refractivity contribution in [3.05, 3.63) is 125 Å². The zero-order chi connectivity index (χ0) is 31.8. The van der Waals surface area contributed by atoms with Crippen LogP contribution in [0.3, 0.4) is 0 Å². The van der Waals surface area contributed by atoms with Crippen LogP contribution < -0.4 is 24.8 Å². The third kappa shape index (κ3) is 3.96. The fraction of sp³-hybridized carbons (Fsp3) is 0.190. The molecule has 0 fully saturated rings. The van der Waals surface area contributed by atoms with E-state index in [0.717, 1.165) is 12.8 Å². The summed E-state index contributed by atoms with van der Waals surface area (Å²) in [4.78, 5) is 5.17. The second-order valence-electron chi connectivity index (χ2n) is 14.8. The molecule has 0 saturated carbocycles. The van der Waals surface area contributed by atoms with E-state index in [4.69, 9.17) is 0 Å². The van der Waals surface area contributed by atoms with Gasteiger partial charge in [-0.1, -0.05) is 67.4 Å². The molecule has 3 aliphatic rings. The Kier molecular flexibility index (Phi) is 5.68. The number of thiophene rings is 2. The maximum Gasteiger partial charge on any atom is 0.277 e. The Bertz CT molecular complexity index is 2430. The van der Waals surface area contributed by atoms with Crippen LogP contribution in [0.2, 0.25) is 0 Å². The summed E-state index contributed by atoms with van der Waals surface area (Å²) in [6.07, 6.45) is 2.30. The molecule has 2 aliphatic heterocycles. The molecule has 5 aromatic carbocycles. The molecule has 0 atom stereocenters. The molecule has 0 saturated heterocycles. The summed E-state index contributed by atoms with van der Waals surface area (Å²) in [7, 11) is 0. The van der Waals surface area contributed by atoms with Crippen LogP contribution in [0, 0.1) is 26.2 Å². The number of fused-ring (bicyclic) bond motifs is 9. The third-order valence-electron chi connectivity index (χ3n) is 10.6. The van der Waals surface area contributed by atoms with Crippen molar-refractivity contribution in [3.63, 3.8) is 0 Å². The number of hydrogen-bond donors (Lipinski definition) is 0. The number of hydrogen-bond acceptors (Lipinski definition) is 4. The number of aryl methyl sites for hydroxylation is 3. The van der Waals surface area contributed by atoms with Crippen LogP contribution in [-0.2, 0) is 12.8 Å². The molecule has 0 N–H and O–H groups in total. The van der Waals surface area contributed by atoms with E-state index in [2.05, 4.69) is 141 Å². The van der Waals surface area contributed by atoms with Crippen molar-refractivity contribution in [2.24, 2.45) is 5.41 Å². The number of anilines is 6. The van der Waals surface area contributed by atoms with E-state index in [1.54, 1.807) is 0 Å². The molecule has 0 amide bonds. The monoisotopic (exact) mass is 642 g/mol. The molecular weight excluding hydrogens is 607 g/mol. The first-order valence-corrected chi connectivity index (χ1v) is 18.4. The Labute approximate surface area is 285 Å². The quantitative estimate of drug-likeness (QED) is 0.173. The Morgan fingerprint density at radius 2 is 1.11 bits per heavy atom. The van der Waals surface area contributed by atoms with Crippen LogP contribution in [-0.4, -0.2) is 6.71 Å². The lowest BCUT2D eigenvalue weighted by Gasteiger charge is -2.42. The first-order valence-electron chi connectivity index (χ1n) is 16.7. The van der Waals surface area contributed by atoms with Crippen molar-refractivity contribution in [2.45, 2.75) is 47.5 Å². The Balaban J connectivity index is 1.34. The van der Waals surface area contributed by atoms with Crippen LogP contribution in [0.4, 0.5) is 34.1 Å². The minimum atomic E-state index is 0.176. The van der Waals surface area contributed by atoms with E-state index in [1.165, 1.54) is 97.1 Å². The zero-order valence-corrected chi connectivity index (χ0v) is 29.1. The van der Waals surface area contributed by atoms with Gasteiger partial charge < -0.3 is 9.80 Å². The maximum absolute atomic E-state index is 2.61. The highest BCUT2D eigenvalue weighted by atomic mass is 32.1. The molecule has 4 heterocycles. The van der Waals surface area contributed by atoms with Gasteiger partial charge in [-0.05, 0) is 116 Å². The summed E-state index contributed by atoms with van der Waals surface area (Å²) in [6.45, 7) is 11.6. The zero-order valence-electron chi connectivity index (χ0n) is 27.4. The lowest BCUT2D eigenvalue weighted by atomic mass is 9.39. The molecule has 10 rings (SSSR count). The molecule has 2 aromatic heterocycles. The van der Waals surface area contributed by atoms with Crippen LogP contribution in [0.5, 0.6) is 0 Å². The molecular formula is C42H35BN2S2. The van der Waals surface area contributed by atoms with Crippen LogP contribution in [0.1, 0.15) is 41.7 Å². The molecule has 47 heavy (non-hydrogen) atoms. The number of nitrogens with zero attached hydrogens (tertiary/aromatic N) is 2. The molecule has 228 valence electrons. The minimum absolute atomic E-state index is 0.176. The van der Waals surface area contributed by atoms with Crippen LogP contribution in [0.25, 0.3) is 20.2 Å². The first kappa shape index (κ1) is 27.8. The molecule has 5 heteroatoms. The van der Waals surface area contributed by atoms with E-state index in [1.807, 2.05) is 22.7 Å². The van der Waals surface area contributed by atoms with Crippen molar-refractivity contribution in [1.29, 1.82) is 0 Å². The van der Waals surface area contributed by atoms with Crippen LogP contribution >= 0.6 is 22.7 Å². The highest BCUT2D eigenvalue weighted by molar-refractivity contribution is 7.40. The molecule has 0 bridgehead atoms. The highest BCUT2D eigenvalue weighted by Gasteiger charge is 2.47. The molecule has 0 unspecified atom stereocenters. The van der Waals surface area contributed by atoms with Crippen molar-refractivity contribution in [3.8, 4) is 0 Å². The maximum atomic E-state index is 2.61. The van der Waals surface area contributed by atoms with Gasteiger partial charge in [-0.25, -0.2) is 0 Å². The van der Waals surface area contributed by atoms with Crippen molar-refractivity contribution in [2.75, 3.05) is 9.80 Å². The van der Waals surface area contributed by atoms with Gasteiger partial charge in [0.05, 0.1) is 11.4 Å². The van der Waals surface area contributed by atoms with E-state index < -0.39 is 0 Å². The second kappa shape index (κ2) is 9.62. The molecule has 1 aliphatic carbocycles. The summed E-state index contributed by atoms with van der Waals surface area (Å²) < 4.78 is 5.69. The third-order valence-corrected chi connectivity index (χ3v) is 13.0. The predicted molar refractivity (Wildman–Crippen MR) is 207 cm³/mol. The van der Waals surface area contributed by atoms with Crippen molar-refractivity contribution >= 4 is 98.7 Å². The number of benzene rings is 5. The molecule has 0 radical (unpaired) electrons. The van der Waals surface area contributed by atoms with Crippen molar-refractivity contribution < 1.29 is 0 Å². The predicted octanol–water partition coefficient (Wildman–Crippen LogP) is 10.2. The van der Waals surface area contributed by atoms with Crippen LogP contribution in [0.15, 0.2) is 97.1 Å². The Morgan fingerprint density at radius 3 is 1.72 bits per heavy atom. The smallest absolute Gasteiger partial charge is 0.277 e. The first-order chi connectivity index (χ1) is 22.7. The van der Waals surface area contributed by atoms with Gasteiger partial charge in [-0.15, -0.1) is 22.7 Å². The van der Waals surface area contributed by atoms with Gasteiger partial charge in [0.1, 0.15) is 0 Å². The molecule has 0 spiro atoms. The van der Waals surface area contributed by atoms with E-state index in [0.29, 0.717) is 5.41 Å². The van der Waals surface area contributed by atoms with Gasteiger partial charge in [0.15, 0.2) is 0 Å². The van der Waals surface area contributed by atoms with Gasteiger partial charge in [0, 0.05) is 52.5 Å². The molecule has 2 nitrogen and oxygen atoms in total. The average Bonchev–Trinajstić information content (AvgIpc) is 3.70. The van der Waals surface area contributed by atoms with Gasteiger partial charge in [0.2, 0.25) is 0 Å². The van der Waals surface area contributed by atoms with Gasteiger partial charge in [-0.2, -0.15) is 0 Å². The lowest BCUT2D eigenvalue weighted by Crippen LogP contribution is -2.59. The Hall–Kier alpha value is -4.32. The average molecular weight is 643 g/mol. The van der Waals surface area contributed by atoms with E-state index in [9.17, 15) is 0 Å². The Morgan fingerprint density at radius 1 is 0.574 bits per heavy atom. The van der Waals surface area contributed by atoms with E-state index >= 15 is 0 Å². The fourth-order valence-corrected chi connectivity index (χ4v) is 11.3. The summed E-state index contributed by atoms with van der Waals surface area (Å²) in [5, 5.41) is 2.74. The summed E-state index contributed by atoms with van der Waals surface area (Å²) in [5.74, 6) is 0. The largest absolute Gasteiger partial charge is 0.310 e. The number of rotatable bonds is 2. The topological polar surface area (TPSA) is 6.48 Å². The van der Waals surface area contributed by atoms with Gasteiger partial charge >= 0.3 is 0 Å². The minimum Gasteiger partial charge on any atom is -0.310 e. The second-order valence-corrected chi connectivity index (χ2v) is 16.9. The standard InChI is InChI=1S/C42H35BN2S2/c1-24-10-14-29(15-11-24)44-33-18-26(3)19-34-37(33)43(40-38(44)31-8-6-7-9-35(31)46-40)41-39(45(34)30-16-12-25(2)13-17-30)32-20-27-22-42(4,5)23-28(27)21-36(32)47-41/h6-21H,22-23H2,1-5H3. The van der Waals surface area contributed by atoms with Crippen molar-refractivity contribution in [1.82, 2.24) is 0 Å². The summed E-state index contributed by atoms with van der Waals surface area (Å²) >= 11 is 4.01. The van der Waals surface area contributed by atoms with Gasteiger partial charge in [-0.3, -0.25) is 0 Å². The normalized spacial score (nSPS) is 15.6. The lowest BCUT2D eigenvalue weighted by molar-refractivity contribution is 0.392. The highest BCUT2D eigenvalue weighted by Crippen LogP contribution is 2.51. The fourth-order valence-electron chi connectivity index (χ4n) is 8.53. The molecule has 7 aromatic rings. The summed E-state index contributed by atoms with van der Waals surface area (Å²) in [6, 6.07) is 37.3.